The van der Waals surface area contributed by atoms with E-state index in [-0.39, 0.29) is 11.9 Å². The van der Waals surface area contributed by atoms with E-state index in [4.69, 9.17) is 4.74 Å². The van der Waals surface area contributed by atoms with Gasteiger partial charge in [-0.15, -0.1) is 6.58 Å². The van der Waals surface area contributed by atoms with Crippen molar-refractivity contribution in [2.75, 3.05) is 6.54 Å². The minimum Gasteiger partial charge on any atom is -0.444 e. The van der Waals surface area contributed by atoms with E-state index in [0.717, 1.165) is 11.1 Å². The molecule has 0 aliphatic carbocycles. The number of ketones is 1. The second-order valence-electron chi connectivity index (χ2n) is 7.13. The van der Waals surface area contributed by atoms with Crippen LogP contribution in [-0.4, -0.2) is 28.9 Å². The Bertz CT molecular complexity index is 558. The molecular weight excluding hydrogens is 302 g/mol. The molecule has 0 unspecified atom stereocenters. The van der Waals surface area contributed by atoms with Gasteiger partial charge in [0.1, 0.15) is 11.4 Å². The molecule has 1 amide bonds. The molecule has 0 aliphatic rings. The lowest BCUT2D eigenvalue weighted by molar-refractivity contribution is -0.119. The summed E-state index contributed by atoms with van der Waals surface area (Å²) in [6.07, 6.45) is 1.12. The van der Waals surface area contributed by atoms with Gasteiger partial charge in [0.2, 0.25) is 0 Å². The number of carbonyl (C=O) groups is 2. The van der Waals surface area contributed by atoms with Gasteiger partial charge in [0.15, 0.2) is 0 Å². The van der Waals surface area contributed by atoms with Crippen molar-refractivity contribution in [2.24, 2.45) is 0 Å². The summed E-state index contributed by atoms with van der Waals surface area (Å²) in [6.45, 7) is 12.0. The van der Waals surface area contributed by atoms with E-state index in [1.54, 1.807) is 4.90 Å². The number of allylic oxidation sites excluding steroid dienone is 1. The fraction of sp³-hybridized carbons (Fsp3) is 0.500. The van der Waals surface area contributed by atoms with Gasteiger partial charge >= 0.3 is 6.09 Å². The molecule has 0 aromatic heterocycles. The third kappa shape index (κ3) is 8.51. The van der Waals surface area contributed by atoms with Gasteiger partial charge in [-0.05, 0) is 39.7 Å². The van der Waals surface area contributed by atoms with Crippen LogP contribution in [0.25, 0.3) is 0 Å². The van der Waals surface area contributed by atoms with Crippen molar-refractivity contribution in [3.05, 3.63) is 48.0 Å². The number of rotatable bonds is 8. The minimum atomic E-state index is -0.560. The molecule has 0 spiro atoms. The summed E-state index contributed by atoms with van der Waals surface area (Å²) in [5, 5.41) is 0. The number of hydrogen-bond donors (Lipinski definition) is 0. The fourth-order valence-corrected chi connectivity index (χ4v) is 2.10. The van der Waals surface area contributed by atoms with Gasteiger partial charge in [-0.3, -0.25) is 4.79 Å². The summed E-state index contributed by atoms with van der Waals surface area (Å²) in [5.74, 6) is 0.139. The first-order valence-corrected chi connectivity index (χ1v) is 8.35. The van der Waals surface area contributed by atoms with Gasteiger partial charge in [-0.2, -0.15) is 0 Å². The maximum Gasteiger partial charge on any atom is 0.410 e. The van der Waals surface area contributed by atoms with Crippen molar-refractivity contribution in [3.63, 3.8) is 0 Å². The molecular formula is C20H29NO3. The average molecular weight is 331 g/mol. The van der Waals surface area contributed by atoms with Crippen LogP contribution in [0.2, 0.25) is 0 Å². The molecule has 0 saturated heterocycles. The molecule has 0 fully saturated rings. The Kier molecular flexibility index (Phi) is 7.69. The van der Waals surface area contributed by atoms with Crippen LogP contribution in [0.15, 0.2) is 42.5 Å². The van der Waals surface area contributed by atoms with E-state index in [1.807, 2.05) is 58.0 Å². The van der Waals surface area contributed by atoms with Crippen molar-refractivity contribution >= 4 is 11.9 Å². The Balaban J connectivity index is 2.68. The van der Waals surface area contributed by atoms with E-state index in [1.165, 1.54) is 0 Å². The van der Waals surface area contributed by atoms with Crippen LogP contribution >= 0.6 is 0 Å². The SMILES string of the molecule is C=C(C)CCC(=O)CCN(Cc1ccccc1)C(=O)OC(C)(C)C. The summed E-state index contributed by atoms with van der Waals surface area (Å²) in [6, 6.07) is 9.71. The van der Waals surface area contributed by atoms with E-state index in [9.17, 15) is 9.59 Å². The third-order valence-corrected chi connectivity index (χ3v) is 3.36. The van der Waals surface area contributed by atoms with Crippen LogP contribution in [0.3, 0.4) is 0 Å². The molecule has 0 radical (unpaired) electrons. The van der Waals surface area contributed by atoms with Crippen LogP contribution in [0.1, 0.15) is 52.5 Å². The van der Waals surface area contributed by atoms with Crippen molar-refractivity contribution < 1.29 is 14.3 Å². The normalized spacial score (nSPS) is 11.0. The molecule has 0 bridgehead atoms. The molecule has 4 heteroatoms. The molecule has 1 rings (SSSR count). The van der Waals surface area contributed by atoms with E-state index in [2.05, 4.69) is 6.58 Å². The number of nitrogens with zero attached hydrogens (tertiary/aromatic N) is 1. The molecule has 1 aromatic rings. The molecule has 0 saturated carbocycles. The van der Waals surface area contributed by atoms with Crippen LogP contribution in [0.4, 0.5) is 4.79 Å². The molecule has 0 atom stereocenters. The van der Waals surface area contributed by atoms with Crippen LogP contribution in [-0.2, 0) is 16.1 Å². The maximum absolute atomic E-state index is 12.4. The zero-order chi connectivity index (χ0) is 18.2. The summed E-state index contributed by atoms with van der Waals surface area (Å²) in [4.78, 5) is 26.0. The van der Waals surface area contributed by atoms with Gasteiger partial charge in [0.05, 0.1) is 0 Å². The summed E-state index contributed by atoms with van der Waals surface area (Å²) in [7, 11) is 0. The van der Waals surface area contributed by atoms with Crippen molar-refractivity contribution in [2.45, 2.75) is 59.1 Å². The Labute approximate surface area is 145 Å². The van der Waals surface area contributed by atoms with Crippen LogP contribution in [0.5, 0.6) is 0 Å². The topological polar surface area (TPSA) is 46.6 Å². The van der Waals surface area contributed by atoms with Crippen molar-refractivity contribution in [3.8, 4) is 0 Å². The lowest BCUT2D eigenvalue weighted by atomic mass is 10.1. The van der Waals surface area contributed by atoms with Crippen molar-refractivity contribution in [1.82, 2.24) is 4.90 Å². The van der Waals surface area contributed by atoms with Gasteiger partial charge in [0, 0.05) is 25.9 Å². The van der Waals surface area contributed by atoms with Gasteiger partial charge in [0.25, 0.3) is 0 Å². The highest BCUT2D eigenvalue weighted by Gasteiger charge is 2.22. The first kappa shape index (κ1) is 19.9. The fourth-order valence-electron chi connectivity index (χ4n) is 2.10. The Hall–Kier alpha value is -2.10. The van der Waals surface area contributed by atoms with Gasteiger partial charge in [-0.25, -0.2) is 4.79 Å². The first-order chi connectivity index (χ1) is 11.2. The third-order valence-electron chi connectivity index (χ3n) is 3.36. The molecule has 4 nitrogen and oxygen atoms in total. The molecule has 1 aromatic carbocycles. The highest BCUT2D eigenvalue weighted by Crippen LogP contribution is 2.14. The predicted molar refractivity (Wildman–Crippen MR) is 96.8 cm³/mol. The predicted octanol–water partition coefficient (Wildman–Crippen LogP) is 4.74. The van der Waals surface area contributed by atoms with Crippen LogP contribution < -0.4 is 0 Å². The van der Waals surface area contributed by atoms with Crippen LogP contribution in [0, 0.1) is 0 Å². The first-order valence-electron chi connectivity index (χ1n) is 8.35. The van der Waals surface area contributed by atoms with E-state index >= 15 is 0 Å². The Morgan fingerprint density at radius 2 is 1.71 bits per heavy atom. The molecule has 24 heavy (non-hydrogen) atoms. The monoisotopic (exact) mass is 331 g/mol. The van der Waals surface area contributed by atoms with Gasteiger partial charge in [-0.1, -0.05) is 35.9 Å². The highest BCUT2D eigenvalue weighted by atomic mass is 16.6. The number of carbonyl (C=O) groups excluding carboxylic acids is 2. The smallest absolute Gasteiger partial charge is 0.410 e. The lowest BCUT2D eigenvalue weighted by Crippen LogP contribution is -2.37. The number of hydrogen-bond acceptors (Lipinski definition) is 3. The lowest BCUT2D eigenvalue weighted by Gasteiger charge is -2.27. The van der Waals surface area contributed by atoms with E-state index in [0.29, 0.717) is 32.4 Å². The standard InChI is InChI=1S/C20H29NO3/c1-16(2)11-12-18(22)13-14-21(19(23)24-20(3,4)5)15-17-9-7-6-8-10-17/h6-10H,1,11-15H2,2-5H3. The molecule has 0 aliphatic heterocycles. The average Bonchev–Trinajstić information content (AvgIpc) is 2.48. The summed E-state index contributed by atoms with van der Waals surface area (Å²) >= 11 is 0. The minimum absolute atomic E-state index is 0.139. The summed E-state index contributed by atoms with van der Waals surface area (Å²) in [5.41, 5.74) is 1.45. The zero-order valence-corrected chi connectivity index (χ0v) is 15.3. The quantitative estimate of drug-likeness (QED) is 0.646. The number of amides is 1. The molecule has 132 valence electrons. The van der Waals surface area contributed by atoms with E-state index < -0.39 is 5.60 Å². The van der Waals surface area contributed by atoms with Crippen molar-refractivity contribution in [1.29, 1.82) is 0 Å². The van der Waals surface area contributed by atoms with Gasteiger partial charge < -0.3 is 9.64 Å². The Morgan fingerprint density at radius 3 is 2.25 bits per heavy atom. The second-order valence-corrected chi connectivity index (χ2v) is 7.13. The maximum atomic E-state index is 12.4. The Morgan fingerprint density at radius 1 is 1.08 bits per heavy atom. The number of Topliss-reactive ketones (excluding diaryl/α,β-unsaturated/α-hetero) is 1. The summed E-state index contributed by atoms with van der Waals surface area (Å²) < 4.78 is 5.46. The number of ether oxygens (including phenoxy) is 1. The zero-order valence-electron chi connectivity index (χ0n) is 15.3. The largest absolute Gasteiger partial charge is 0.444 e. The second kappa shape index (κ2) is 9.26. The molecule has 0 N–H and O–H groups in total. The highest BCUT2D eigenvalue weighted by molar-refractivity contribution is 5.79. The molecule has 0 heterocycles. The number of benzene rings is 1.